The van der Waals surface area contributed by atoms with Crippen molar-refractivity contribution in [2.45, 2.75) is 84.0 Å². The van der Waals surface area contributed by atoms with Crippen LogP contribution in [-0.2, 0) is 24.4 Å². The number of hydrogen-bond acceptors (Lipinski definition) is 5. The average molecular weight is 439 g/mol. The van der Waals surface area contributed by atoms with E-state index in [1.54, 1.807) is 0 Å². The molecule has 0 aromatic heterocycles. The summed E-state index contributed by atoms with van der Waals surface area (Å²) in [6.07, 6.45) is 7.85. The summed E-state index contributed by atoms with van der Waals surface area (Å²) in [7, 11) is -4.27. The van der Waals surface area contributed by atoms with Crippen LogP contribution in [0.4, 0.5) is 0 Å². The molecule has 4 aliphatic carbocycles. The van der Waals surface area contributed by atoms with Gasteiger partial charge in [0.25, 0.3) is 10.1 Å². The van der Waals surface area contributed by atoms with Gasteiger partial charge in [-0.05, 0) is 74.0 Å². The molecule has 0 aromatic rings. The molecule has 168 valence electrons. The number of ketones is 1. The summed E-state index contributed by atoms with van der Waals surface area (Å²) in [4.78, 5) is 23.9. The first-order chi connectivity index (χ1) is 13.9. The maximum atomic E-state index is 12.5. The normalized spacial score (nSPS) is 45.6. The van der Waals surface area contributed by atoms with E-state index < -0.39 is 21.3 Å². The minimum atomic E-state index is -4.27. The van der Waals surface area contributed by atoms with Crippen molar-refractivity contribution in [2.75, 3.05) is 0 Å². The lowest BCUT2D eigenvalue weighted by atomic mass is 9.47. The average Bonchev–Trinajstić information content (AvgIpc) is 2.95. The molecule has 0 heterocycles. The quantitative estimate of drug-likeness (QED) is 0.407. The Hall–Kier alpha value is -1.21. The van der Waals surface area contributed by atoms with Crippen molar-refractivity contribution in [3.8, 4) is 0 Å². The summed E-state index contributed by atoms with van der Waals surface area (Å²) < 4.78 is 39.7. The highest BCUT2D eigenvalue weighted by molar-refractivity contribution is 7.86. The maximum Gasteiger partial charge on any atom is 0.302 e. The lowest BCUT2D eigenvalue weighted by Crippen LogP contribution is -2.51. The number of ether oxygens (including phenoxy) is 1. The van der Waals surface area contributed by atoms with Crippen LogP contribution in [0.5, 0.6) is 0 Å². The van der Waals surface area contributed by atoms with E-state index in [9.17, 15) is 22.6 Å². The molecule has 3 saturated carbocycles. The van der Waals surface area contributed by atoms with Gasteiger partial charge in [0.1, 0.15) is 11.9 Å². The standard InChI is InChI=1S/C23H34O6S/c1-13(24)21-20(30(26,27)28)12-19-17-6-5-15-11-16(29-14(2)25)7-9-22(15,3)18(17)8-10-23(19,21)4/h5,16-21H,6-12H2,1-4H3,(H,26,27,28)/t16-,17+,18-,19-,20+,21-,22-,23-/m0/s1. The van der Waals surface area contributed by atoms with Gasteiger partial charge in [0, 0.05) is 19.3 Å². The van der Waals surface area contributed by atoms with Crippen molar-refractivity contribution in [1.82, 2.24) is 0 Å². The fourth-order valence-corrected chi connectivity index (χ4v) is 9.27. The van der Waals surface area contributed by atoms with Gasteiger partial charge in [-0.3, -0.25) is 14.1 Å². The Morgan fingerprint density at radius 2 is 1.83 bits per heavy atom. The van der Waals surface area contributed by atoms with Gasteiger partial charge in [0.2, 0.25) is 0 Å². The van der Waals surface area contributed by atoms with E-state index in [1.807, 2.05) is 0 Å². The highest BCUT2D eigenvalue weighted by Crippen LogP contribution is 2.67. The molecule has 7 heteroatoms. The Bertz CT molecular complexity index is 891. The SMILES string of the molecule is CC(=O)O[C@H]1CC[C@@]2(C)C(=CC[C@H]3[C@@H]4C[C@@H](S(=O)(=O)O)[C@H](C(C)=O)[C@@]4(C)CC[C@@H]32)C1. The molecule has 0 bridgehead atoms. The summed E-state index contributed by atoms with van der Waals surface area (Å²) in [6.45, 7) is 7.32. The molecule has 0 unspecified atom stereocenters. The van der Waals surface area contributed by atoms with Crippen molar-refractivity contribution in [3.05, 3.63) is 11.6 Å². The topological polar surface area (TPSA) is 97.7 Å². The van der Waals surface area contributed by atoms with E-state index in [2.05, 4.69) is 19.9 Å². The molecule has 30 heavy (non-hydrogen) atoms. The largest absolute Gasteiger partial charge is 0.462 e. The molecular weight excluding hydrogens is 404 g/mol. The molecule has 8 atom stereocenters. The summed E-state index contributed by atoms with van der Waals surface area (Å²) in [5, 5.41) is -0.985. The van der Waals surface area contributed by atoms with Gasteiger partial charge >= 0.3 is 5.97 Å². The lowest BCUT2D eigenvalue weighted by molar-refractivity contribution is -0.149. The highest BCUT2D eigenvalue weighted by atomic mass is 32.2. The van der Waals surface area contributed by atoms with Gasteiger partial charge in [-0.25, -0.2) is 0 Å². The third-order valence-electron chi connectivity index (χ3n) is 9.22. The monoisotopic (exact) mass is 438 g/mol. The van der Waals surface area contributed by atoms with E-state index >= 15 is 0 Å². The van der Waals surface area contributed by atoms with Crippen LogP contribution in [0.15, 0.2) is 11.6 Å². The van der Waals surface area contributed by atoms with Crippen LogP contribution in [0.2, 0.25) is 0 Å². The first kappa shape index (κ1) is 22.0. The number of Topliss-reactive ketones (excluding diaryl/α,β-unsaturated/α-hetero) is 1. The van der Waals surface area contributed by atoms with Gasteiger partial charge in [0.05, 0.1) is 5.25 Å². The molecule has 3 fully saturated rings. The molecule has 4 aliphatic rings. The Kier molecular flexibility index (Phi) is 5.25. The highest BCUT2D eigenvalue weighted by Gasteiger charge is 2.64. The van der Waals surface area contributed by atoms with Crippen LogP contribution in [0.25, 0.3) is 0 Å². The van der Waals surface area contributed by atoms with Gasteiger partial charge in [-0.2, -0.15) is 8.42 Å². The molecular formula is C23H34O6S. The zero-order chi connectivity index (χ0) is 22.1. The van der Waals surface area contributed by atoms with E-state index in [0.29, 0.717) is 18.3 Å². The predicted molar refractivity (Wildman–Crippen MR) is 112 cm³/mol. The second kappa shape index (κ2) is 7.16. The van der Waals surface area contributed by atoms with Gasteiger partial charge < -0.3 is 4.74 Å². The second-order valence-corrected chi connectivity index (χ2v) is 12.3. The molecule has 6 nitrogen and oxygen atoms in total. The number of carbonyl (C=O) groups is 2. The lowest BCUT2D eigenvalue weighted by Gasteiger charge is -2.57. The molecule has 0 aromatic carbocycles. The van der Waals surface area contributed by atoms with Crippen LogP contribution in [-0.4, -0.2) is 36.1 Å². The van der Waals surface area contributed by atoms with Gasteiger partial charge in [0.15, 0.2) is 0 Å². The Labute approximate surface area is 179 Å². The minimum Gasteiger partial charge on any atom is -0.462 e. The van der Waals surface area contributed by atoms with Crippen molar-refractivity contribution >= 4 is 21.9 Å². The van der Waals surface area contributed by atoms with Crippen LogP contribution in [0, 0.1) is 34.5 Å². The second-order valence-electron chi connectivity index (χ2n) is 10.7. The zero-order valence-corrected chi connectivity index (χ0v) is 19.2. The Balaban J connectivity index is 1.66. The van der Waals surface area contributed by atoms with Gasteiger partial charge in [-0.15, -0.1) is 0 Å². The van der Waals surface area contributed by atoms with Crippen molar-refractivity contribution < 1.29 is 27.3 Å². The number of allylic oxidation sites excluding steroid dienone is 1. The first-order valence-electron chi connectivity index (χ1n) is 11.2. The smallest absolute Gasteiger partial charge is 0.302 e. The van der Waals surface area contributed by atoms with E-state index in [0.717, 1.165) is 38.5 Å². The minimum absolute atomic E-state index is 0.0305. The van der Waals surface area contributed by atoms with Crippen molar-refractivity contribution in [1.29, 1.82) is 0 Å². The first-order valence-corrected chi connectivity index (χ1v) is 12.7. The fraction of sp³-hybridized carbons (Fsp3) is 0.826. The van der Waals surface area contributed by atoms with Gasteiger partial charge in [-0.1, -0.05) is 25.5 Å². The summed E-state index contributed by atoms with van der Waals surface area (Å²) in [5.41, 5.74) is 1.02. The molecule has 0 saturated heterocycles. The Morgan fingerprint density at radius 1 is 1.13 bits per heavy atom. The van der Waals surface area contributed by atoms with Crippen LogP contribution in [0.3, 0.4) is 0 Å². The van der Waals surface area contributed by atoms with E-state index in [4.69, 9.17) is 4.74 Å². The zero-order valence-electron chi connectivity index (χ0n) is 18.4. The predicted octanol–water partition coefficient (Wildman–Crippen LogP) is 3.95. The van der Waals surface area contributed by atoms with Crippen molar-refractivity contribution in [2.24, 2.45) is 34.5 Å². The molecule has 0 radical (unpaired) electrons. The summed E-state index contributed by atoms with van der Waals surface area (Å²) in [6, 6.07) is 0. The molecule has 4 rings (SSSR count). The molecule has 1 N–H and O–H groups in total. The summed E-state index contributed by atoms with van der Waals surface area (Å²) in [5.74, 6) is -0.128. The number of rotatable bonds is 3. The molecule has 0 spiro atoms. The number of fused-ring (bicyclic) bond motifs is 5. The van der Waals surface area contributed by atoms with Crippen LogP contribution >= 0.6 is 0 Å². The Morgan fingerprint density at radius 3 is 2.43 bits per heavy atom. The fourth-order valence-electron chi connectivity index (χ4n) is 7.97. The third-order valence-corrected chi connectivity index (χ3v) is 10.4. The maximum absolute atomic E-state index is 12.5. The molecule has 0 aliphatic heterocycles. The molecule has 0 amide bonds. The van der Waals surface area contributed by atoms with Crippen LogP contribution in [0.1, 0.15) is 72.6 Å². The van der Waals surface area contributed by atoms with E-state index in [1.165, 1.54) is 19.4 Å². The number of esters is 1. The number of hydrogen-bond donors (Lipinski definition) is 1. The van der Waals surface area contributed by atoms with Crippen molar-refractivity contribution in [3.63, 3.8) is 0 Å². The van der Waals surface area contributed by atoms with Crippen LogP contribution < -0.4 is 0 Å². The summed E-state index contributed by atoms with van der Waals surface area (Å²) >= 11 is 0. The van der Waals surface area contributed by atoms with E-state index in [-0.39, 0.29) is 34.6 Å². The third kappa shape index (κ3) is 3.27. The number of carbonyl (C=O) groups excluding carboxylic acids is 2.